The first-order chi connectivity index (χ1) is 20.6. The Morgan fingerprint density at radius 3 is 2.42 bits per heavy atom. The molecular formula is C31H31F3N6O2S. The lowest BCUT2D eigenvalue weighted by Gasteiger charge is -2.32. The first-order valence-electron chi connectivity index (χ1n) is 13.8. The number of amides is 2. The van der Waals surface area contributed by atoms with E-state index in [1.165, 1.54) is 35.3 Å². The number of halogens is 3. The molecule has 1 aliphatic heterocycles. The minimum Gasteiger partial charge on any atom is -0.406 e. The maximum absolute atomic E-state index is 13.1. The van der Waals surface area contributed by atoms with Crippen LogP contribution in [0.4, 0.5) is 23.7 Å². The highest BCUT2D eigenvalue weighted by atomic mass is 32.2. The summed E-state index contributed by atoms with van der Waals surface area (Å²) in [6.45, 7) is 6.96. The van der Waals surface area contributed by atoms with Gasteiger partial charge in [-0.05, 0) is 67.6 Å². The molecule has 1 N–H and O–H groups in total. The first kappa shape index (κ1) is 30.1. The lowest BCUT2D eigenvalue weighted by molar-refractivity contribution is -0.274. The van der Waals surface area contributed by atoms with Crippen molar-refractivity contribution >= 4 is 28.6 Å². The zero-order valence-corrected chi connectivity index (χ0v) is 24.7. The lowest BCUT2D eigenvalue weighted by atomic mass is 10.0. The summed E-state index contributed by atoms with van der Waals surface area (Å²) in [5.74, 6) is 1.05. The molecule has 0 saturated carbocycles. The van der Waals surface area contributed by atoms with Crippen molar-refractivity contribution in [3.05, 3.63) is 89.7 Å². The second-order valence-electron chi connectivity index (χ2n) is 10.1. The van der Waals surface area contributed by atoms with Gasteiger partial charge in [-0.1, -0.05) is 61.2 Å². The third-order valence-electron chi connectivity index (χ3n) is 7.00. The van der Waals surface area contributed by atoms with Crippen LogP contribution >= 0.6 is 11.8 Å². The molecule has 0 aliphatic carbocycles. The summed E-state index contributed by atoms with van der Waals surface area (Å²) >= 11 is 1.59. The number of aromatic nitrogens is 3. The van der Waals surface area contributed by atoms with Crippen molar-refractivity contribution in [1.29, 1.82) is 0 Å². The number of rotatable bonds is 7. The minimum atomic E-state index is -4.75. The quantitative estimate of drug-likeness (QED) is 0.233. The summed E-state index contributed by atoms with van der Waals surface area (Å²) in [5, 5.41) is 8.21. The van der Waals surface area contributed by atoms with Crippen molar-refractivity contribution in [3.8, 4) is 22.8 Å². The molecule has 2 heterocycles. The number of carbonyl (C=O) groups excluding carboxylic acids is 1. The number of carbonyl (C=O) groups is 1. The van der Waals surface area contributed by atoms with Crippen LogP contribution < -0.4 is 15.0 Å². The minimum absolute atomic E-state index is 0.240. The van der Waals surface area contributed by atoms with Gasteiger partial charge in [-0.3, -0.25) is 0 Å². The summed E-state index contributed by atoms with van der Waals surface area (Å²) < 4.78 is 42.7. The zero-order valence-electron chi connectivity index (χ0n) is 23.9. The van der Waals surface area contributed by atoms with Crippen molar-refractivity contribution in [2.45, 2.75) is 46.0 Å². The highest BCUT2D eigenvalue weighted by molar-refractivity contribution is 8.14. The number of ether oxygens (including phenoxy) is 1. The predicted molar refractivity (Wildman–Crippen MR) is 163 cm³/mol. The number of aryl methyl sites for hydroxylation is 2. The summed E-state index contributed by atoms with van der Waals surface area (Å²) in [6, 6.07) is 18.5. The van der Waals surface area contributed by atoms with E-state index in [9.17, 15) is 18.0 Å². The smallest absolute Gasteiger partial charge is 0.406 e. The monoisotopic (exact) mass is 608 g/mol. The number of benzene rings is 3. The van der Waals surface area contributed by atoms with E-state index in [2.05, 4.69) is 56.0 Å². The Balaban J connectivity index is 1.26. The molecule has 0 radical (unpaired) electrons. The van der Waals surface area contributed by atoms with E-state index in [4.69, 9.17) is 0 Å². The van der Waals surface area contributed by atoms with E-state index in [0.29, 0.717) is 23.1 Å². The maximum atomic E-state index is 13.1. The molecule has 1 aliphatic rings. The largest absolute Gasteiger partial charge is 0.573 e. The topological polar surface area (TPSA) is 84.6 Å². The van der Waals surface area contributed by atoms with Gasteiger partial charge >= 0.3 is 12.4 Å². The third-order valence-corrected chi connectivity index (χ3v) is 8.06. The van der Waals surface area contributed by atoms with Crippen LogP contribution in [0.1, 0.15) is 42.5 Å². The maximum Gasteiger partial charge on any atom is 0.573 e. The van der Waals surface area contributed by atoms with Crippen LogP contribution in [0.3, 0.4) is 0 Å². The van der Waals surface area contributed by atoms with Crippen LogP contribution in [0.25, 0.3) is 17.1 Å². The van der Waals surface area contributed by atoms with Gasteiger partial charge in [-0.25, -0.2) is 14.5 Å². The molecule has 2 amide bonds. The molecule has 5 rings (SSSR count). The SMILES string of the molecule is CCC(NC(=O)N=C1SCCCN1c1c(C)cccc1C)c1ccc(-c2ncn(-c3ccc(OC(F)(F)F)cc3)n2)cc1. The first-order valence-corrected chi connectivity index (χ1v) is 14.8. The van der Waals surface area contributed by atoms with Gasteiger partial charge in [0.15, 0.2) is 11.0 Å². The number of nitrogens with one attached hydrogen (secondary N) is 1. The molecule has 12 heteroatoms. The van der Waals surface area contributed by atoms with Gasteiger partial charge in [-0.2, -0.15) is 4.99 Å². The second kappa shape index (κ2) is 12.9. The Morgan fingerprint density at radius 2 is 1.77 bits per heavy atom. The average Bonchev–Trinajstić information content (AvgIpc) is 3.47. The van der Waals surface area contributed by atoms with Crippen LogP contribution in [-0.2, 0) is 0 Å². The number of thioether (sulfide) groups is 1. The second-order valence-corrected chi connectivity index (χ2v) is 11.1. The van der Waals surface area contributed by atoms with Gasteiger partial charge in [-0.15, -0.1) is 18.3 Å². The van der Waals surface area contributed by atoms with Gasteiger partial charge < -0.3 is 15.0 Å². The lowest BCUT2D eigenvalue weighted by Crippen LogP contribution is -2.37. The summed E-state index contributed by atoms with van der Waals surface area (Å²) in [5.41, 5.74) is 5.61. The Labute approximate surface area is 252 Å². The van der Waals surface area contributed by atoms with Crippen LogP contribution in [0.15, 0.2) is 78.0 Å². The fourth-order valence-corrected chi connectivity index (χ4v) is 5.91. The number of nitrogens with zero attached hydrogens (tertiary/aromatic N) is 5. The number of amidine groups is 1. The van der Waals surface area contributed by atoms with E-state index in [1.807, 2.05) is 37.3 Å². The third kappa shape index (κ3) is 7.37. The van der Waals surface area contributed by atoms with Crippen LogP contribution in [0.5, 0.6) is 5.75 Å². The van der Waals surface area contributed by atoms with Crippen molar-refractivity contribution in [3.63, 3.8) is 0 Å². The van der Waals surface area contributed by atoms with Gasteiger partial charge in [0.25, 0.3) is 0 Å². The molecule has 224 valence electrons. The van der Waals surface area contributed by atoms with E-state index < -0.39 is 6.36 Å². The molecule has 8 nitrogen and oxygen atoms in total. The number of urea groups is 1. The van der Waals surface area contributed by atoms with Crippen LogP contribution in [0.2, 0.25) is 0 Å². The number of anilines is 1. The van der Waals surface area contributed by atoms with Gasteiger partial charge in [0.1, 0.15) is 12.1 Å². The normalized spacial score (nSPS) is 15.4. The Morgan fingerprint density at radius 1 is 1.07 bits per heavy atom. The van der Waals surface area contributed by atoms with E-state index in [1.54, 1.807) is 11.8 Å². The fraction of sp³-hybridized carbons (Fsp3) is 0.290. The molecule has 1 fully saturated rings. The number of alkyl halides is 3. The summed E-state index contributed by atoms with van der Waals surface area (Å²) in [6.07, 6.45) is -1.58. The molecule has 43 heavy (non-hydrogen) atoms. The molecule has 3 aromatic carbocycles. The predicted octanol–water partition coefficient (Wildman–Crippen LogP) is 7.61. The van der Waals surface area contributed by atoms with Crippen LogP contribution in [0, 0.1) is 13.8 Å². The molecule has 0 bridgehead atoms. The molecule has 4 aromatic rings. The Bertz CT molecular complexity index is 1580. The molecule has 1 unspecified atom stereocenters. The highest BCUT2D eigenvalue weighted by Gasteiger charge is 2.31. The molecule has 1 aromatic heterocycles. The number of aliphatic imine (C=N–C) groups is 1. The summed E-state index contributed by atoms with van der Waals surface area (Å²) in [7, 11) is 0. The summed E-state index contributed by atoms with van der Waals surface area (Å²) in [4.78, 5) is 24.1. The number of para-hydroxylation sites is 1. The van der Waals surface area contributed by atoms with Crippen molar-refractivity contribution in [1.82, 2.24) is 20.1 Å². The van der Waals surface area contributed by atoms with Crippen molar-refractivity contribution < 1.29 is 22.7 Å². The van der Waals surface area contributed by atoms with Gasteiger partial charge in [0, 0.05) is 23.5 Å². The van der Waals surface area contributed by atoms with E-state index in [-0.39, 0.29) is 17.8 Å². The standard InChI is InChI=1S/C31H31F3N6O2S/c1-4-26(36-29(41)37-30-39(17-6-18-43-30)27-20(2)7-5-8-21(27)3)22-9-11-23(12-10-22)28-35-19-40(38-28)24-13-15-25(16-14-24)42-31(32,33)34/h5,7-16,19,26H,4,6,17-18H2,1-3H3,(H,36,41). The van der Waals surface area contributed by atoms with E-state index >= 15 is 0 Å². The number of hydrogen-bond donors (Lipinski definition) is 1. The Kier molecular flexibility index (Phi) is 9.05. The van der Waals surface area contributed by atoms with Gasteiger partial charge in [0.05, 0.1) is 11.7 Å². The average molecular weight is 609 g/mol. The van der Waals surface area contributed by atoms with Gasteiger partial charge in [0.2, 0.25) is 0 Å². The molecule has 0 spiro atoms. The molecule has 1 saturated heterocycles. The molecule has 1 atom stereocenters. The Hall–Kier alpha value is -4.32. The van der Waals surface area contributed by atoms with Crippen molar-refractivity contribution in [2.75, 3.05) is 17.2 Å². The van der Waals surface area contributed by atoms with Crippen molar-refractivity contribution in [2.24, 2.45) is 4.99 Å². The molecular weight excluding hydrogens is 577 g/mol. The van der Waals surface area contributed by atoms with Crippen LogP contribution in [-0.4, -0.2) is 44.6 Å². The number of hydrogen-bond acceptors (Lipinski definition) is 5. The fourth-order valence-electron chi connectivity index (χ4n) is 4.97. The zero-order chi connectivity index (χ0) is 30.6. The highest BCUT2D eigenvalue weighted by Crippen LogP contribution is 2.31. The van der Waals surface area contributed by atoms with E-state index in [0.717, 1.165) is 46.7 Å².